The number of unbranched alkanes of at least 4 members (excludes halogenated alkanes) is 1. The number of carbonyl (C=O) groups is 3. The fraction of sp³-hybridized carbons (Fsp3) is 0.324. The van der Waals surface area contributed by atoms with E-state index in [0.29, 0.717) is 6.42 Å². The lowest BCUT2D eigenvalue weighted by Gasteiger charge is -2.27. The summed E-state index contributed by atoms with van der Waals surface area (Å²) in [5.74, 6) is -1.97. The Morgan fingerprint density at radius 1 is 0.717 bits per heavy atom. The number of esters is 1. The Morgan fingerprint density at radius 3 is 1.54 bits per heavy atom. The van der Waals surface area contributed by atoms with Crippen molar-refractivity contribution in [3.05, 3.63) is 102 Å². The lowest BCUT2D eigenvalue weighted by molar-refractivity contribution is -0.829. The van der Waals surface area contributed by atoms with Crippen LogP contribution in [-0.2, 0) is 17.8 Å². The first-order valence-corrected chi connectivity index (χ1v) is 15.2. The summed E-state index contributed by atoms with van der Waals surface area (Å²) >= 11 is 0. The number of hydrogen-bond acceptors (Lipinski definition) is 7. The molecule has 3 rings (SSSR count). The van der Waals surface area contributed by atoms with Gasteiger partial charge in [-0.25, -0.2) is 13.8 Å². The number of benzene rings is 3. The summed E-state index contributed by atoms with van der Waals surface area (Å²) in [4.78, 5) is 39.9. The molecule has 0 saturated carbocycles. The molecule has 0 spiro atoms. The highest BCUT2D eigenvalue weighted by molar-refractivity contribution is 5.91. The van der Waals surface area contributed by atoms with Crippen LogP contribution in [0.1, 0.15) is 66.2 Å². The molecule has 0 aliphatic heterocycles. The standard InChI is InChI=1S/C37H45N2O7/c1-10-11-18-44-35(41)31-21-32(45-36(42)38(6,7)23-27-14-12-16-29(19-27)25(2)3)34(40)33(22-31)46-37(43)39(8,9)24-28-15-13-17-30(20-28)26(4)5/h12-17,19-22H,2,4,10-11,18,23-24H2,1,3,5-9H3/q+1/p+1. The van der Waals surface area contributed by atoms with Gasteiger partial charge in [0, 0.05) is 11.1 Å². The van der Waals surface area contributed by atoms with Gasteiger partial charge in [0.05, 0.1) is 40.4 Å². The van der Waals surface area contributed by atoms with Gasteiger partial charge >= 0.3 is 18.2 Å². The van der Waals surface area contributed by atoms with Crippen LogP contribution in [-0.4, -0.2) is 67.0 Å². The Morgan fingerprint density at radius 2 is 1.15 bits per heavy atom. The monoisotopic (exact) mass is 630 g/mol. The molecule has 9 nitrogen and oxygen atoms in total. The van der Waals surface area contributed by atoms with Gasteiger partial charge in [0.15, 0.2) is 11.5 Å². The van der Waals surface area contributed by atoms with Crippen molar-refractivity contribution in [2.45, 2.75) is 46.7 Å². The van der Waals surface area contributed by atoms with Crippen molar-refractivity contribution in [3.8, 4) is 17.2 Å². The topological polar surface area (TPSA) is 99.1 Å². The number of ether oxygens (including phenoxy) is 3. The number of phenolic OH excluding ortho intramolecular Hbond substituents is 1. The van der Waals surface area contributed by atoms with E-state index in [1.807, 2.05) is 69.3 Å². The van der Waals surface area contributed by atoms with E-state index in [2.05, 4.69) is 13.2 Å². The van der Waals surface area contributed by atoms with E-state index in [0.717, 1.165) is 39.8 Å². The van der Waals surface area contributed by atoms with Gasteiger partial charge in [-0.1, -0.05) is 74.0 Å². The van der Waals surface area contributed by atoms with Crippen LogP contribution >= 0.6 is 0 Å². The van der Waals surface area contributed by atoms with Crippen LogP contribution in [0.4, 0.5) is 9.59 Å². The summed E-state index contributed by atoms with van der Waals surface area (Å²) < 4.78 is 16.2. The fourth-order valence-electron chi connectivity index (χ4n) is 4.60. The number of quaternary nitrogens is 2. The van der Waals surface area contributed by atoms with Crippen molar-refractivity contribution in [3.63, 3.8) is 0 Å². The van der Waals surface area contributed by atoms with Crippen molar-refractivity contribution in [2.24, 2.45) is 0 Å². The summed E-state index contributed by atoms with van der Waals surface area (Å²) in [7, 11) is 6.66. The van der Waals surface area contributed by atoms with Gasteiger partial charge < -0.3 is 19.3 Å². The van der Waals surface area contributed by atoms with E-state index in [-0.39, 0.29) is 45.7 Å². The largest absolute Gasteiger partial charge is 0.521 e. The normalized spacial score (nSPS) is 11.5. The van der Waals surface area contributed by atoms with Crippen LogP contribution in [0.5, 0.6) is 17.2 Å². The highest BCUT2D eigenvalue weighted by Crippen LogP contribution is 2.39. The molecule has 0 aliphatic rings. The van der Waals surface area contributed by atoms with E-state index in [4.69, 9.17) is 14.2 Å². The lowest BCUT2D eigenvalue weighted by atomic mass is 10.1. The van der Waals surface area contributed by atoms with Crippen LogP contribution in [0, 0.1) is 0 Å². The molecule has 0 aliphatic carbocycles. The zero-order valence-corrected chi connectivity index (χ0v) is 28.0. The fourth-order valence-corrected chi connectivity index (χ4v) is 4.60. The predicted molar refractivity (Wildman–Crippen MR) is 179 cm³/mol. The van der Waals surface area contributed by atoms with E-state index in [9.17, 15) is 19.5 Å². The Hall–Kier alpha value is -4.73. The second kappa shape index (κ2) is 15.0. The molecule has 0 heterocycles. The van der Waals surface area contributed by atoms with Gasteiger partial charge in [-0.05, 0) is 55.7 Å². The molecule has 9 heteroatoms. The number of phenols is 1. The number of hydrogen-bond donors (Lipinski definition) is 1. The maximum Gasteiger partial charge on any atom is 0.521 e. The first-order valence-electron chi connectivity index (χ1n) is 15.2. The van der Waals surface area contributed by atoms with Crippen molar-refractivity contribution < 1.29 is 42.7 Å². The number of rotatable bonds is 12. The van der Waals surface area contributed by atoms with Gasteiger partial charge in [0.1, 0.15) is 13.1 Å². The zero-order valence-electron chi connectivity index (χ0n) is 28.0. The smallest absolute Gasteiger partial charge is 0.502 e. The second-order valence-corrected chi connectivity index (χ2v) is 12.7. The second-order valence-electron chi connectivity index (χ2n) is 12.7. The Balaban J connectivity index is 1.91. The van der Waals surface area contributed by atoms with Crippen LogP contribution in [0.25, 0.3) is 11.1 Å². The third-order valence-electron chi connectivity index (χ3n) is 7.39. The van der Waals surface area contributed by atoms with Crippen molar-refractivity contribution in [1.29, 1.82) is 0 Å². The van der Waals surface area contributed by atoms with Gasteiger partial charge in [0.25, 0.3) is 0 Å². The third-order valence-corrected chi connectivity index (χ3v) is 7.39. The van der Waals surface area contributed by atoms with Crippen LogP contribution in [0.2, 0.25) is 0 Å². The molecule has 3 aromatic rings. The van der Waals surface area contributed by atoms with E-state index in [1.165, 1.54) is 12.1 Å². The molecule has 244 valence electrons. The molecule has 3 aromatic carbocycles. The number of carbonyl (C=O) groups excluding carboxylic acids is 3. The Kier molecular flexibility index (Phi) is 11.7. The summed E-state index contributed by atoms with van der Waals surface area (Å²) in [5.41, 5.74) is 5.41. The number of nitrogens with zero attached hydrogens (tertiary/aromatic N) is 2. The molecule has 0 radical (unpaired) electrons. The highest BCUT2D eigenvalue weighted by atomic mass is 16.6. The minimum Gasteiger partial charge on any atom is -0.502 e. The number of aromatic hydroxyl groups is 1. The van der Waals surface area contributed by atoms with Gasteiger partial charge in [-0.15, -0.1) is 0 Å². The average Bonchev–Trinajstić information content (AvgIpc) is 2.98. The Labute approximate surface area is 272 Å². The summed E-state index contributed by atoms with van der Waals surface area (Å²) in [5, 5.41) is 11.2. The molecule has 2 amide bonds. The van der Waals surface area contributed by atoms with Crippen molar-refractivity contribution in [2.75, 3.05) is 34.8 Å². The van der Waals surface area contributed by atoms with Gasteiger partial charge in [0.2, 0.25) is 5.75 Å². The van der Waals surface area contributed by atoms with Crippen LogP contribution < -0.4 is 9.47 Å². The van der Waals surface area contributed by atoms with E-state index < -0.39 is 23.9 Å². The molecular weight excluding hydrogens is 584 g/mol. The first kappa shape index (κ1) is 35.7. The lowest BCUT2D eigenvalue weighted by Crippen LogP contribution is -2.46. The van der Waals surface area contributed by atoms with Crippen molar-refractivity contribution >= 4 is 29.3 Å². The summed E-state index contributed by atoms with van der Waals surface area (Å²) in [6.07, 6.45) is 0.0555. The SMILES string of the molecule is C=C(C)c1cccc(C[N+](C)(C)C(=O)Oc2cc(C(=O)OCCCC)cc(OC(=O)[N+](C)(C)Cc3cccc(C(=C)C)c3)c2O)c1. The average molecular weight is 631 g/mol. The molecule has 46 heavy (non-hydrogen) atoms. The molecule has 0 atom stereocenters. The maximum atomic E-state index is 13.5. The van der Waals surface area contributed by atoms with Gasteiger partial charge in [-0.3, -0.25) is 0 Å². The van der Waals surface area contributed by atoms with Crippen LogP contribution in [0.15, 0.2) is 73.8 Å². The number of allylic oxidation sites excluding steroid dienone is 2. The molecule has 0 aromatic heterocycles. The minimum absolute atomic E-state index is 0.0431. The van der Waals surface area contributed by atoms with E-state index >= 15 is 0 Å². The van der Waals surface area contributed by atoms with Gasteiger partial charge in [-0.2, -0.15) is 9.59 Å². The maximum absolute atomic E-state index is 13.5. The molecule has 0 unspecified atom stereocenters. The van der Waals surface area contributed by atoms with Crippen LogP contribution in [0.3, 0.4) is 0 Å². The molecule has 0 bridgehead atoms. The predicted octanol–water partition coefficient (Wildman–Crippen LogP) is 7.97. The molecule has 1 N–H and O–H groups in total. The summed E-state index contributed by atoms with van der Waals surface area (Å²) in [6, 6.07) is 17.8. The quantitative estimate of drug-likeness (QED) is 0.123. The minimum atomic E-state index is -0.710. The Bertz CT molecular complexity index is 1530. The highest BCUT2D eigenvalue weighted by Gasteiger charge is 2.34. The van der Waals surface area contributed by atoms with E-state index in [1.54, 1.807) is 28.2 Å². The summed E-state index contributed by atoms with van der Waals surface area (Å²) in [6.45, 7) is 14.5. The molecular formula is C37H46N2O7+2. The molecule has 0 saturated heterocycles. The van der Waals surface area contributed by atoms with Crippen molar-refractivity contribution in [1.82, 2.24) is 0 Å². The molecule has 0 fully saturated rings. The first-order chi connectivity index (χ1) is 21.5. The third kappa shape index (κ3) is 9.39. The number of amides is 2. The zero-order chi connectivity index (χ0) is 34.2.